The lowest BCUT2D eigenvalue weighted by Gasteiger charge is -2.22. The topological polar surface area (TPSA) is 72.2 Å². The summed E-state index contributed by atoms with van der Waals surface area (Å²) in [5, 5.41) is 7.92. The molecule has 1 saturated carbocycles. The maximum absolute atomic E-state index is 12.3. The average Bonchev–Trinajstić information content (AvgIpc) is 2.96. The van der Waals surface area contributed by atoms with Crippen molar-refractivity contribution in [1.29, 1.82) is 0 Å². The Morgan fingerprint density at radius 1 is 1.33 bits per heavy atom. The van der Waals surface area contributed by atoms with Gasteiger partial charge in [0.2, 0.25) is 11.1 Å². The Morgan fingerprint density at radius 3 is 2.83 bits per heavy atom. The molecule has 24 heavy (non-hydrogen) atoms. The van der Waals surface area contributed by atoms with Gasteiger partial charge in [0.05, 0.1) is 5.25 Å². The van der Waals surface area contributed by atoms with E-state index in [-0.39, 0.29) is 11.2 Å². The standard InChI is InChI=1S/C17H25N5OS/c1-11-9-12(2)22-16(19-11)20-17(21-22)24-13(3)15(23)18-10-14-7-5-4-6-8-14/h9,13-14H,4-8,10H2,1-3H3,(H,18,23)/t13-/m1/s1. The van der Waals surface area contributed by atoms with Gasteiger partial charge in [0, 0.05) is 17.9 Å². The van der Waals surface area contributed by atoms with E-state index < -0.39 is 0 Å². The van der Waals surface area contributed by atoms with Crippen LogP contribution in [0, 0.1) is 19.8 Å². The van der Waals surface area contributed by atoms with Crippen LogP contribution in [0.3, 0.4) is 0 Å². The van der Waals surface area contributed by atoms with Gasteiger partial charge in [-0.1, -0.05) is 31.0 Å². The molecule has 6 nitrogen and oxygen atoms in total. The van der Waals surface area contributed by atoms with Crippen molar-refractivity contribution in [2.45, 2.75) is 63.3 Å². The van der Waals surface area contributed by atoms with Crippen LogP contribution in [0.25, 0.3) is 5.78 Å². The Hall–Kier alpha value is -1.63. The van der Waals surface area contributed by atoms with Crippen molar-refractivity contribution in [1.82, 2.24) is 24.9 Å². The first kappa shape index (κ1) is 17.2. The van der Waals surface area contributed by atoms with Gasteiger partial charge in [-0.3, -0.25) is 4.79 Å². The summed E-state index contributed by atoms with van der Waals surface area (Å²) in [6.45, 7) is 6.61. The molecule has 2 heterocycles. The molecule has 2 aromatic heterocycles. The number of aromatic nitrogens is 4. The molecule has 1 fully saturated rings. The second-order valence-corrected chi connectivity index (χ2v) is 7.96. The van der Waals surface area contributed by atoms with Crippen molar-refractivity contribution in [3.05, 3.63) is 17.5 Å². The molecular weight excluding hydrogens is 322 g/mol. The van der Waals surface area contributed by atoms with Crippen LogP contribution in [0.2, 0.25) is 0 Å². The minimum absolute atomic E-state index is 0.0605. The largest absolute Gasteiger partial charge is 0.355 e. The van der Waals surface area contributed by atoms with Gasteiger partial charge in [-0.15, -0.1) is 5.10 Å². The number of carbonyl (C=O) groups is 1. The molecule has 1 N–H and O–H groups in total. The third-order valence-corrected chi connectivity index (χ3v) is 5.49. The molecule has 1 atom stereocenters. The number of hydrogen-bond donors (Lipinski definition) is 1. The zero-order valence-electron chi connectivity index (χ0n) is 14.6. The van der Waals surface area contributed by atoms with Crippen molar-refractivity contribution >= 4 is 23.4 Å². The van der Waals surface area contributed by atoms with Gasteiger partial charge in [0.15, 0.2) is 0 Å². The average molecular weight is 347 g/mol. The fourth-order valence-corrected chi connectivity index (χ4v) is 3.96. The van der Waals surface area contributed by atoms with Crippen LogP contribution in [0.15, 0.2) is 11.2 Å². The fraction of sp³-hybridized carbons (Fsp3) is 0.647. The Bertz CT molecular complexity index is 723. The first-order valence-electron chi connectivity index (χ1n) is 8.68. The minimum Gasteiger partial charge on any atom is -0.355 e. The van der Waals surface area contributed by atoms with Crippen LogP contribution in [0.4, 0.5) is 0 Å². The number of thioether (sulfide) groups is 1. The number of fused-ring (bicyclic) bond motifs is 1. The van der Waals surface area contributed by atoms with E-state index >= 15 is 0 Å². The summed E-state index contributed by atoms with van der Waals surface area (Å²) in [5.41, 5.74) is 1.91. The SMILES string of the molecule is Cc1cc(C)n2nc(S[C@H](C)C(=O)NCC3CCCCC3)nc2n1. The molecular formula is C17H25N5OS. The van der Waals surface area contributed by atoms with Gasteiger partial charge >= 0.3 is 0 Å². The molecule has 2 aromatic rings. The van der Waals surface area contributed by atoms with Crippen LogP contribution in [-0.4, -0.2) is 37.3 Å². The smallest absolute Gasteiger partial charge is 0.253 e. The first-order chi connectivity index (χ1) is 11.5. The third-order valence-electron chi connectivity index (χ3n) is 4.54. The molecule has 0 radical (unpaired) electrons. The van der Waals surface area contributed by atoms with E-state index in [9.17, 15) is 4.79 Å². The second kappa shape index (κ2) is 7.51. The van der Waals surface area contributed by atoms with Crippen molar-refractivity contribution < 1.29 is 4.79 Å². The molecule has 0 unspecified atom stereocenters. The van der Waals surface area contributed by atoms with Crippen LogP contribution in [-0.2, 0) is 4.79 Å². The normalized spacial score (nSPS) is 17.1. The van der Waals surface area contributed by atoms with Crippen LogP contribution < -0.4 is 5.32 Å². The third kappa shape index (κ3) is 4.06. The maximum atomic E-state index is 12.3. The maximum Gasteiger partial charge on any atom is 0.253 e. The highest BCUT2D eigenvalue weighted by molar-refractivity contribution is 8.00. The number of carbonyl (C=O) groups excluding carboxylic acids is 1. The highest BCUT2D eigenvalue weighted by Gasteiger charge is 2.20. The predicted octanol–water partition coefficient (Wildman–Crippen LogP) is 2.92. The molecule has 0 bridgehead atoms. The second-order valence-electron chi connectivity index (χ2n) is 6.65. The van der Waals surface area contributed by atoms with Crippen molar-refractivity contribution in [2.24, 2.45) is 5.92 Å². The Kier molecular flexibility index (Phi) is 5.38. The lowest BCUT2D eigenvalue weighted by atomic mass is 9.89. The molecule has 0 saturated heterocycles. The van der Waals surface area contributed by atoms with E-state index in [0.717, 1.165) is 17.9 Å². The van der Waals surface area contributed by atoms with Gasteiger partial charge in [-0.2, -0.15) is 4.98 Å². The van der Waals surface area contributed by atoms with E-state index in [0.29, 0.717) is 16.9 Å². The molecule has 1 aliphatic carbocycles. The summed E-state index contributed by atoms with van der Waals surface area (Å²) in [6.07, 6.45) is 6.40. The van der Waals surface area contributed by atoms with E-state index in [1.54, 1.807) is 4.52 Å². The Labute approximate surface area is 146 Å². The summed E-state index contributed by atoms with van der Waals surface area (Å²) in [6, 6.07) is 1.97. The van der Waals surface area contributed by atoms with E-state index in [1.807, 2.05) is 26.8 Å². The van der Waals surface area contributed by atoms with Crippen molar-refractivity contribution in [2.75, 3.05) is 6.54 Å². The predicted molar refractivity (Wildman–Crippen MR) is 95.2 cm³/mol. The summed E-state index contributed by atoms with van der Waals surface area (Å²) in [4.78, 5) is 21.1. The lowest BCUT2D eigenvalue weighted by molar-refractivity contribution is -0.120. The van der Waals surface area contributed by atoms with Gasteiger partial charge in [0.1, 0.15) is 0 Å². The Balaban J connectivity index is 1.58. The quantitative estimate of drug-likeness (QED) is 0.842. The number of amides is 1. The molecule has 1 amide bonds. The van der Waals surface area contributed by atoms with Crippen LogP contribution >= 0.6 is 11.8 Å². The van der Waals surface area contributed by atoms with Gasteiger partial charge < -0.3 is 5.32 Å². The highest BCUT2D eigenvalue weighted by Crippen LogP contribution is 2.24. The summed E-state index contributed by atoms with van der Waals surface area (Å²) in [5.74, 6) is 1.29. The molecule has 130 valence electrons. The molecule has 0 spiro atoms. The Morgan fingerprint density at radius 2 is 2.08 bits per heavy atom. The monoisotopic (exact) mass is 347 g/mol. The fourth-order valence-electron chi connectivity index (χ4n) is 3.19. The summed E-state index contributed by atoms with van der Waals surface area (Å²) < 4.78 is 1.72. The number of nitrogens with zero attached hydrogens (tertiary/aromatic N) is 4. The minimum atomic E-state index is -0.215. The molecule has 0 aliphatic heterocycles. The summed E-state index contributed by atoms with van der Waals surface area (Å²) in [7, 11) is 0. The van der Waals surface area contributed by atoms with Crippen LogP contribution in [0.5, 0.6) is 0 Å². The number of hydrogen-bond acceptors (Lipinski definition) is 5. The number of rotatable bonds is 5. The molecule has 0 aromatic carbocycles. The van der Waals surface area contributed by atoms with E-state index in [1.165, 1.54) is 43.9 Å². The zero-order valence-corrected chi connectivity index (χ0v) is 15.4. The van der Waals surface area contributed by atoms with Gasteiger partial charge in [-0.25, -0.2) is 9.50 Å². The lowest BCUT2D eigenvalue weighted by Crippen LogP contribution is -2.35. The van der Waals surface area contributed by atoms with Crippen molar-refractivity contribution in [3.8, 4) is 0 Å². The molecule has 1 aliphatic rings. The van der Waals surface area contributed by atoms with Gasteiger partial charge in [0.25, 0.3) is 5.78 Å². The number of aryl methyl sites for hydroxylation is 2. The van der Waals surface area contributed by atoms with E-state index in [2.05, 4.69) is 20.4 Å². The van der Waals surface area contributed by atoms with Gasteiger partial charge in [-0.05, 0) is 45.6 Å². The first-order valence-corrected chi connectivity index (χ1v) is 9.56. The van der Waals surface area contributed by atoms with Crippen LogP contribution in [0.1, 0.15) is 50.4 Å². The zero-order chi connectivity index (χ0) is 17.1. The number of nitrogens with one attached hydrogen (secondary N) is 1. The molecule has 3 rings (SSSR count). The summed E-state index contributed by atoms with van der Waals surface area (Å²) >= 11 is 1.38. The van der Waals surface area contributed by atoms with E-state index in [4.69, 9.17) is 0 Å². The van der Waals surface area contributed by atoms with Crippen molar-refractivity contribution in [3.63, 3.8) is 0 Å². The highest BCUT2D eigenvalue weighted by atomic mass is 32.2. The molecule has 7 heteroatoms.